The zero-order chi connectivity index (χ0) is 36.5. The van der Waals surface area contributed by atoms with Crippen molar-refractivity contribution < 1.29 is 8.85 Å². The van der Waals surface area contributed by atoms with E-state index in [1.807, 2.05) is 24.5 Å². The fourth-order valence-corrected chi connectivity index (χ4v) is 8.88. The third kappa shape index (κ3) is 6.17. The standard InChI is InChI=1S/C44H47BrN2O2Si2/c1-43(2,3)50(7,8)48-37-23-21-31(34-17-13-25-46-41(34)37)39-29-15-11-12-16-30(29)40(36-27-28(45)19-20-33(36)39)32-22-24-38(42-35(32)18-14-26-47-42)49-51(9,10)44(4,5)6/h11-27H,1-10H3. The summed E-state index contributed by atoms with van der Waals surface area (Å²) in [6.07, 6.45) is 3.75. The molecule has 0 unspecified atom stereocenters. The van der Waals surface area contributed by atoms with E-state index in [4.69, 9.17) is 18.8 Å². The molecule has 0 bridgehead atoms. The Balaban J connectivity index is 1.52. The van der Waals surface area contributed by atoms with Gasteiger partial charge in [-0.25, -0.2) is 0 Å². The Morgan fingerprint density at radius 3 is 1.35 bits per heavy atom. The van der Waals surface area contributed by atoms with Crippen molar-refractivity contribution in [2.45, 2.75) is 77.8 Å². The van der Waals surface area contributed by atoms with Crippen LogP contribution in [-0.2, 0) is 0 Å². The average Bonchev–Trinajstić information content (AvgIpc) is 3.07. The molecule has 0 fully saturated rings. The summed E-state index contributed by atoms with van der Waals surface area (Å²) < 4.78 is 14.8. The van der Waals surface area contributed by atoms with Gasteiger partial charge in [0.25, 0.3) is 16.6 Å². The molecule has 0 aliphatic heterocycles. The van der Waals surface area contributed by atoms with Gasteiger partial charge in [0, 0.05) is 27.6 Å². The van der Waals surface area contributed by atoms with E-state index in [-0.39, 0.29) is 10.1 Å². The van der Waals surface area contributed by atoms with E-state index in [2.05, 4.69) is 163 Å². The molecule has 0 amide bonds. The highest BCUT2D eigenvalue weighted by molar-refractivity contribution is 9.10. The molecule has 0 radical (unpaired) electrons. The van der Waals surface area contributed by atoms with Crippen LogP contribution < -0.4 is 8.85 Å². The molecule has 7 rings (SSSR count). The monoisotopic (exact) mass is 770 g/mol. The van der Waals surface area contributed by atoms with Gasteiger partial charge in [-0.05, 0) is 129 Å². The maximum atomic E-state index is 6.90. The van der Waals surface area contributed by atoms with Crippen molar-refractivity contribution >= 4 is 75.9 Å². The van der Waals surface area contributed by atoms with Gasteiger partial charge >= 0.3 is 0 Å². The van der Waals surface area contributed by atoms with Crippen molar-refractivity contribution in [3.63, 3.8) is 0 Å². The van der Waals surface area contributed by atoms with Crippen LogP contribution in [0.1, 0.15) is 41.5 Å². The Kier molecular flexibility index (Phi) is 8.72. The molecule has 0 aliphatic carbocycles. The molecular weight excluding hydrogens is 725 g/mol. The fourth-order valence-electron chi connectivity index (χ4n) is 6.48. The molecule has 51 heavy (non-hydrogen) atoms. The molecule has 260 valence electrons. The predicted octanol–water partition coefficient (Wildman–Crippen LogP) is 14.0. The highest BCUT2D eigenvalue weighted by atomic mass is 79.9. The first kappa shape index (κ1) is 35.4. The molecule has 0 aliphatic rings. The van der Waals surface area contributed by atoms with Crippen molar-refractivity contribution in [3.8, 4) is 33.8 Å². The Morgan fingerprint density at radius 1 is 0.490 bits per heavy atom. The summed E-state index contributed by atoms with van der Waals surface area (Å²) in [6.45, 7) is 22.8. The van der Waals surface area contributed by atoms with E-state index in [0.717, 1.165) is 48.9 Å². The number of pyridine rings is 2. The molecule has 0 spiro atoms. The zero-order valence-electron chi connectivity index (χ0n) is 31.4. The van der Waals surface area contributed by atoms with E-state index >= 15 is 0 Å². The van der Waals surface area contributed by atoms with Crippen molar-refractivity contribution in [1.82, 2.24) is 9.97 Å². The minimum Gasteiger partial charge on any atom is -0.542 e. The van der Waals surface area contributed by atoms with Crippen LogP contribution in [0.4, 0.5) is 0 Å². The lowest BCUT2D eigenvalue weighted by atomic mass is 9.84. The van der Waals surface area contributed by atoms with Crippen molar-refractivity contribution in [2.75, 3.05) is 0 Å². The second-order valence-corrected chi connectivity index (χ2v) is 27.1. The topological polar surface area (TPSA) is 44.2 Å². The van der Waals surface area contributed by atoms with Crippen LogP contribution in [0.3, 0.4) is 0 Å². The van der Waals surface area contributed by atoms with Crippen LogP contribution in [0.5, 0.6) is 11.5 Å². The first-order chi connectivity index (χ1) is 24.0. The van der Waals surface area contributed by atoms with Gasteiger partial charge in [0.2, 0.25) is 0 Å². The summed E-state index contributed by atoms with van der Waals surface area (Å²) >= 11 is 3.84. The van der Waals surface area contributed by atoms with Crippen LogP contribution in [0.15, 0.2) is 108 Å². The number of nitrogens with zero attached hydrogens (tertiary/aromatic N) is 2. The lowest BCUT2D eigenvalue weighted by molar-refractivity contribution is 0.495. The lowest BCUT2D eigenvalue weighted by Gasteiger charge is -2.36. The van der Waals surface area contributed by atoms with Gasteiger partial charge in [0.1, 0.15) is 22.5 Å². The minimum atomic E-state index is -2.11. The maximum absolute atomic E-state index is 6.90. The summed E-state index contributed by atoms with van der Waals surface area (Å²) in [5, 5.41) is 7.00. The van der Waals surface area contributed by atoms with Gasteiger partial charge in [-0.3, -0.25) is 9.97 Å². The second-order valence-electron chi connectivity index (χ2n) is 16.7. The summed E-state index contributed by atoms with van der Waals surface area (Å²) in [4.78, 5) is 9.86. The van der Waals surface area contributed by atoms with Crippen LogP contribution in [-0.4, -0.2) is 26.6 Å². The van der Waals surface area contributed by atoms with E-state index in [0.29, 0.717) is 0 Å². The summed E-state index contributed by atoms with van der Waals surface area (Å²) in [5.74, 6) is 1.71. The van der Waals surface area contributed by atoms with Crippen LogP contribution in [0.25, 0.3) is 65.6 Å². The second kappa shape index (κ2) is 12.6. The molecule has 5 aromatic carbocycles. The Morgan fingerprint density at radius 2 is 0.902 bits per heavy atom. The highest BCUT2D eigenvalue weighted by Crippen LogP contribution is 2.49. The quantitative estimate of drug-likeness (QED) is 0.125. The van der Waals surface area contributed by atoms with Gasteiger partial charge in [-0.15, -0.1) is 0 Å². The van der Waals surface area contributed by atoms with Crippen molar-refractivity contribution in [3.05, 3.63) is 108 Å². The molecule has 7 aromatic rings. The average molecular weight is 772 g/mol. The Bertz CT molecular complexity index is 2480. The molecule has 0 saturated heterocycles. The number of hydrogen-bond donors (Lipinski definition) is 0. The van der Waals surface area contributed by atoms with Crippen LogP contribution in [0, 0.1) is 0 Å². The van der Waals surface area contributed by atoms with E-state index in [9.17, 15) is 0 Å². The van der Waals surface area contributed by atoms with Crippen molar-refractivity contribution in [1.29, 1.82) is 0 Å². The van der Waals surface area contributed by atoms with Gasteiger partial charge in [0.05, 0.1) is 0 Å². The molecule has 0 atom stereocenters. The molecule has 4 nitrogen and oxygen atoms in total. The van der Waals surface area contributed by atoms with E-state index in [1.165, 1.54) is 32.7 Å². The number of benzene rings is 5. The largest absolute Gasteiger partial charge is 0.542 e. The number of hydrogen-bond acceptors (Lipinski definition) is 4. The third-order valence-electron chi connectivity index (χ3n) is 11.3. The molecular formula is C44H47BrN2O2Si2. The number of fused-ring (bicyclic) bond motifs is 4. The molecule has 7 heteroatoms. The zero-order valence-corrected chi connectivity index (χ0v) is 35.0. The van der Waals surface area contributed by atoms with Gasteiger partial charge in [-0.1, -0.05) is 99.9 Å². The summed E-state index contributed by atoms with van der Waals surface area (Å²) in [5.41, 5.74) is 6.44. The summed E-state index contributed by atoms with van der Waals surface area (Å²) in [6, 6.07) is 32.6. The Hall–Kier alpha value is -4.05. The highest BCUT2D eigenvalue weighted by Gasteiger charge is 2.40. The van der Waals surface area contributed by atoms with Gasteiger partial charge in [-0.2, -0.15) is 0 Å². The minimum absolute atomic E-state index is 0.0655. The SMILES string of the molecule is CC(C)(C)[Si](C)(C)Oc1ccc(-c2c3ccccc3c(-c3ccc(O[Si](C)(C)C(C)(C)C)c4ncccc34)c3cc(Br)ccc23)c2cccnc12. The van der Waals surface area contributed by atoms with Crippen LogP contribution >= 0.6 is 15.9 Å². The van der Waals surface area contributed by atoms with Crippen LogP contribution in [0.2, 0.25) is 36.3 Å². The van der Waals surface area contributed by atoms with E-state index in [1.54, 1.807) is 0 Å². The number of aromatic nitrogens is 2. The number of rotatable bonds is 6. The molecule has 2 aromatic heterocycles. The molecule has 2 heterocycles. The predicted molar refractivity (Wildman–Crippen MR) is 226 cm³/mol. The third-order valence-corrected chi connectivity index (χ3v) is 20.5. The normalized spacial score (nSPS) is 13.0. The molecule has 0 N–H and O–H groups in total. The lowest BCUT2D eigenvalue weighted by Crippen LogP contribution is -2.43. The smallest absolute Gasteiger partial charge is 0.250 e. The molecule has 0 saturated carbocycles. The first-order valence-corrected chi connectivity index (χ1v) is 24.4. The fraction of sp³-hybridized carbons (Fsp3) is 0.273. The van der Waals surface area contributed by atoms with E-state index < -0.39 is 16.6 Å². The maximum Gasteiger partial charge on any atom is 0.250 e. The summed E-state index contributed by atoms with van der Waals surface area (Å²) in [7, 11) is -4.21. The van der Waals surface area contributed by atoms with Gasteiger partial charge < -0.3 is 8.85 Å². The number of halogens is 1. The first-order valence-electron chi connectivity index (χ1n) is 17.8. The Labute approximate surface area is 312 Å². The van der Waals surface area contributed by atoms with Gasteiger partial charge in [0.15, 0.2) is 0 Å². The van der Waals surface area contributed by atoms with Crippen molar-refractivity contribution in [2.24, 2.45) is 0 Å².